The molecule has 0 unspecified atom stereocenters. The van der Waals surface area contributed by atoms with Crippen molar-refractivity contribution >= 4 is 22.6 Å². The quantitative estimate of drug-likeness (QED) is 0.622. The molecule has 0 spiro atoms. The van der Waals surface area contributed by atoms with Crippen LogP contribution >= 0.6 is 0 Å². The third kappa shape index (κ3) is 2.55. The van der Waals surface area contributed by atoms with Crippen molar-refractivity contribution in [2.24, 2.45) is 5.73 Å². The highest BCUT2D eigenvalue weighted by Crippen LogP contribution is 2.41. The van der Waals surface area contributed by atoms with E-state index >= 15 is 0 Å². The van der Waals surface area contributed by atoms with E-state index in [1.165, 1.54) is 0 Å². The number of phenolic OH excluding ortho intramolecular Hbond substituents is 1. The Kier molecular flexibility index (Phi) is 3.83. The maximum absolute atomic E-state index is 11.9. The Balaban J connectivity index is 2.57. The van der Waals surface area contributed by atoms with Crippen LogP contribution < -0.4 is 11.5 Å². The number of hydrogen-bond acceptors (Lipinski definition) is 5. The molecule has 0 fully saturated rings. The summed E-state index contributed by atoms with van der Waals surface area (Å²) in [7, 11) is 0. The van der Waals surface area contributed by atoms with Gasteiger partial charge in [0.2, 0.25) is 0 Å². The van der Waals surface area contributed by atoms with Crippen LogP contribution in [0.4, 0.5) is 5.69 Å². The summed E-state index contributed by atoms with van der Waals surface area (Å²) >= 11 is 0. The number of fused-ring (bicyclic) bond motifs is 1. The van der Waals surface area contributed by atoms with Crippen LogP contribution in [0.1, 0.15) is 32.9 Å². The molecular weight excluding hydrogens is 316 g/mol. The Morgan fingerprint density at radius 1 is 1.04 bits per heavy atom. The van der Waals surface area contributed by atoms with Crippen molar-refractivity contribution in [1.29, 1.82) is 0 Å². The molecular formula is C19H20N4O2. The van der Waals surface area contributed by atoms with E-state index in [0.717, 1.165) is 22.5 Å². The summed E-state index contributed by atoms with van der Waals surface area (Å²) in [5.74, 6) is -0.481. The number of hydrogen-bond donors (Lipinski definition) is 3. The van der Waals surface area contributed by atoms with Crippen LogP contribution in [-0.4, -0.2) is 21.0 Å². The average Bonchev–Trinajstić information content (AvgIpc) is 2.54. The van der Waals surface area contributed by atoms with Gasteiger partial charge in [0, 0.05) is 5.56 Å². The second-order valence-corrected chi connectivity index (χ2v) is 6.24. The van der Waals surface area contributed by atoms with Gasteiger partial charge < -0.3 is 16.6 Å². The predicted octanol–water partition coefficient (Wildman–Crippen LogP) is 2.92. The van der Waals surface area contributed by atoms with Crippen molar-refractivity contribution in [3.05, 3.63) is 46.3 Å². The molecule has 1 amide bonds. The number of aryl methyl sites for hydroxylation is 3. The smallest absolute Gasteiger partial charge is 0.250 e. The molecule has 6 heteroatoms. The van der Waals surface area contributed by atoms with Crippen molar-refractivity contribution in [2.45, 2.75) is 27.7 Å². The van der Waals surface area contributed by atoms with Crippen LogP contribution in [-0.2, 0) is 0 Å². The fraction of sp³-hybridized carbons (Fsp3) is 0.211. The Hall–Kier alpha value is -3.15. The van der Waals surface area contributed by atoms with Crippen molar-refractivity contribution in [3.8, 4) is 16.9 Å². The summed E-state index contributed by atoms with van der Waals surface area (Å²) in [6.45, 7) is 7.44. The number of anilines is 1. The molecule has 0 aliphatic carbocycles. The molecule has 0 saturated carbocycles. The number of carbonyl (C=O) groups is 1. The van der Waals surface area contributed by atoms with Gasteiger partial charge in [-0.05, 0) is 56.5 Å². The molecule has 0 saturated heterocycles. The number of nitrogens with two attached hydrogens (primary N) is 2. The SMILES string of the molecule is Cc1ccc(O)c(C)c1-c1c(N)c(C(N)=O)cc2nc(C)c(C)nc12. The van der Waals surface area contributed by atoms with Crippen molar-refractivity contribution in [3.63, 3.8) is 0 Å². The molecule has 25 heavy (non-hydrogen) atoms. The van der Waals surface area contributed by atoms with Crippen LogP contribution in [0.15, 0.2) is 18.2 Å². The van der Waals surface area contributed by atoms with Gasteiger partial charge in [-0.3, -0.25) is 4.79 Å². The van der Waals surface area contributed by atoms with E-state index in [2.05, 4.69) is 9.97 Å². The lowest BCUT2D eigenvalue weighted by Gasteiger charge is -2.18. The maximum Gasteiger partial charge on any atom is 0.250 e. The first kappa shape index (κ1) is 16.7. The van der Waals surface area contributed by atoms with E-state index in [4.69, 9.17) is 11.5 Å². The van der Waals surface area contributed by atoms with E-state index in [0.29, 0.717) is 22.2 Å². The van der Waals surface area contributed by atoms with Gasteiger partial charge in [-0.2, -0.15) is 0 Å². The molecule has 2 aromatic carbocycles. The summed E-state index contributed by atoms with van der Waals surface area (Å²) in [5.41, 5.74) is 17.8. The molecule has 6 nitrogen and oxygen atoms in total. The van der Waals surface area contributed by atoms with Gasteiger partial charge in [0.25, 0.3) is 5.91 Å². The fourth-order valence-electron chi connectivity index (χ4n) is 3.06. The molecule has 0 bridgehead atoms. The number of benzene rings is 2. The number of phenols is 1. The first-order chi connectivity index (χ1) is 11.7. The summed E-state index contributed by atoms with van der Waals surface area (Å²) in [5, 5.41) is 10.2. The first-order valence-electron chi connectivity index (χ1n) is 7.89. The number of aromatic hydroxyl groups is 1. The molecule has 0 aliphatic rings. The monoisotopic (exact) mass is 336 g/mol. The number of rotatable bonds is 2. The third-order valence-electron chi connectivity index (χ3n) is 4.57. The molecule has 0 radical (unpaired) electrons. The van der Waals surface area contributed by atoms with Gasteiger partial charge in [0.15, 0.2) is 0 Å². The van der Waals surface area contributed by atoms with E-state index in [9.17, 15) is 9.90 Å². The average molecular weight is 336 g/mol. The van der Waals surface area contributed by atoms with Crippen molar-refractivity contribution in [2.75, 3.05) is 5.73 Å². The normalized spacial score (nSPS) is 11.0. The van der Waals surface area contributed by atoms with Crippen LogP contribution in [0.25, 0.3) is 22.2 Å². The van der Waals surface area contributed by atoms with E-state index in [1.54, 1.807) is 25.1 Å². The minimum Gasteiger partial charge on any atom is -0.508 e. The van der Waals surface area contributed by atoms with Gasteiger partial charge in [-0.25, -0.2) is 9.97 Å². The first-order valence-corrected chi connectivity index (χ1v) is 7.89. The minimum absolute atomic E-state index is 0.148. The number of carbonyl (C=O) groups excluding carboxylic acids is 1. The minimum atomic E-state index is -0.629. The maximum atomic E-state index is 11.9. The highest BCUT2D eigenvalue weighted by atomic mass is 16.3. The van der Waals surface area contributed by atoms with E-state index in [1.807, 2.05) is 20.8 Å². The van der Waals surface area contributed by atoms with Crippen LogP contribution in [0.5, 0.6) is 5.75 Å². The molecule has 1 heterocycles. The second kappa shape index (κ2) is 5.73. The number of primary amides is 1. The fourth-order valence-corrected chi connectivity index (χ4v) is 3.06. The predicted molar refractivity (Wildman–Crippen MR) is 98.5 cm³/mol. The molecule has 5 N–H and O–H groups in total. The summed E-state index contributed by atoms with van der Waals surface area (Å²) in [6.07, 6.45) is 0. The molecule has 3 rings (SSSR count). The van der Waals surface area contributed by atoms with Gasteiger partial charge in [-0.1, -0.05) is 6.07 Å². The largest absolute Gasteiger partial charge is 0.508 e. The van der Waals surface area contributed by atoms with E-state index < -0.39 is 5.91 Å². The lowest BCUT2D eigenvalue weighted by molar-refractivity contribution is 0.100. The summed E-state index contributed by atoms with van der Waals surface area (Å²) in [4.78, 5) is 21.1. The van der Waals surface area contributed by atoms with E-state index in [-0.39, 0.29) is 17.0 Å². The number of nitrogens with zero attached hydrogens (tertiary/aromatic N) is 2. The Morgan fingerprint density at radius 3 is 2.32 bits per heavy atom. The third-order valence-corrected chi connectivity index (χ3v) is 4.57. The molecule has 0 atom stereocenters. The standard InChI is InChI=1S/C19H20N4O2/c1-8-5-6-14(24)9(2)15(8)16-17(20)12(19(21)25)7-13-18(16)23-11(4)10(3)22-13/h5-7,24H,20H2,1-4H3,(H2,21,25). The van der Waals surface area contributed by atoms with Crippen molar-refractivity contribution in [1.82, 2.24) is 9.97 Å². The molecule has 1 aromatic heterocycles. The topological polar surface area (TPSA) is 115 Å². The highest BCUT2D eigenvalue weighted by molar-refractivity contribution is 6.10. The van der Waals surface area contributed by atoms with Crippen molar-refractivity contribution < 1.29 is 9.90 Å². The number of aromatic nitrogens is 2. The zero-order valence-electron chi connectivity index (χ0n) is 14.6. The van der Waals surface area contributed by atoms with Crippen LogP contribution in [0.2, 0.25) is 0 Å². The summed E-state index contributed by atoms with van der Waals surface area (Å²) in [6, 6.07) is 5.00. The van der Waals surface area contributed by atoms with Gasteiger partial charge >= 0.3 is 0 Å². The van der Waals surface area contributed by atoms with Gasteiger partial charge in [0.1, 0.15) is 5.75 Å². The van der Waals surface area contributed by atoms with Crippen LogP contribution in [0, 0.1) is 27.7 Å². The van der Waals surface area contributed by atoms with Gasteiger partial charge in [0.05, 0.1) is 33.7 Å². The number of amides is 1. The molecule has 3 aromatic rings. The molecule has 128 valence electrons. The number of nitrogen functional groups attached to an aromatic ring is 1. The van der Waals surface area contributed by atoms with Gasteiger partial charge in [-0.15, -0.1) is 0 Å². The summed E-state index contributed by atoms with van der Waals surface area (Å²) < 4.78 is 0. The Labute approximate surface area is 145 Å². The lowest BCUT2D eigenvalue weighted by Crippen LogP contribution is -2.15. The zero-order chi connectivity index (χ0) is 18.5. The Bertz CT molecular complexity index is 1040. The lowest BCUT2D eigenvalue weighted by atomic mass is 9.90. The van der Waals surface area contributed by atoms with Crippen LogP contribution in [0.3, 0.4) is 0 Å². The highest BCUT2D eigenvalue weighted by Gasteiger charge is 2.22. The Morgan fingerprint density at radius 2 is 1.68 bits per heavy atom. The second-order valence-electron chi connectivity index (χ2n) is 6.24. The molecule has 0 aliphatic heterocycles. The zero-order valence-corrected chi connectivity index (χ0v) is 14.6.